The van der Waals surface area contributed by atoms with Crippen LogP contribution in [0.2, 0.25) is 25.7 Å². The van der Waals surface area contributed by atoms with Gasteiger partial charge in [0.1, 0.15) is 24.9 Å². The fourth-order valence-electron chi connectivity index (χ4n) is 4.80. The Kier molecular flexibility index (Phi) is 9.65. The van der Waals surface area contributed by atoms with Crippen LogP contribution in [0.25, 0.3) is 22.0 Å². The molecule has 0 radical (unpaired) electrons. The zero-order valence-corrected chi connectivity index (χ0v) is 26.1. The number of halogens is 1. The topological polar surface area (TPSA) is 101 Å². The molecule has 0 aliphatic carbocycles. The monoisotopic (exact) mass is 595 g/mol. The molecule has 2 aromatic heterocycles. The number of aliphatic hydroxyl groups excluding tert-OH is 1. The summed E-state index contributed by atoms with van der Waals surface area (Å²) in [7, 11) is 0.414. The Hall–Kier alpha value is -3.80. The van der Waals surface area contributed by atoms with E-state index in [0.717, 1.165) is 10.8 Å². The first-order valence-corrected chi connectivity index (χ1v) is 17.8. The highest BCUT2D eigenvalue weighted by molar-refractivity contribution is 6.76. The SMILES string of the molecule is CCOc1cc(C(=O)N(C)C(C)c2c[n+](O)c(CO)c3cnn(COCC[Si](C)(C)C)c23)ccc1-c1cccc(F)c1. The maximum Gasteiger partial charge on any atom is 0.270 e. The molecule has 2 N–H and O–H groups in total. The van der Waals surface area contributed by atoms with Crippen LogP contribution in [0, 0.1) is 5.82 Å². The lowest BCUT2D eigenvalue weighted by Gasteiger charge is -2.26. The van der Waals surface area contributed by atoms with E-state index in [-0.39, 0.29) is 24.1 Å². The van der Waals surface area contributed by atoms with E-state index in [2.05, 4.69) is 24.7 Å². The molecular formula is C31H40FN4O5Si+. The molecule has 9 nitrogen and oxygen atoms in total. The van der Waals surface area contributed by atoms with Crippen LogP contribution < -0.4 is 9.47 Å². The second kappa shape index (κ2) is 13.0. The maximum atomic E-state index is 13.9. The molecule has 224 valence electrons. The van der Waals surface area contributed by atoms with Crippen molar-refractivity contribution in [1.29, 1.82) is 0 Å². The lowest BCUT2D eigenvalue weighted by atomic mass is 10.0. The van der Waals surface area contributed by atoms with Crippen LogP contribution >= 0.6 is 0 Å². The largest absolute Gasteiger partial charge is 0.493 e. The van der Waals surface area contributed by atoms with E-state index in [9.17, 15) is 19.5 Å². The van der Waals surface area contributed by atoms with E-state index in [1.165, 1.54) is 18.3 Å². The van der Waals surface area contributed by atoms with Crippen LogP contribution in [0.3, 0.4) is 0 Å². The lowest BCUT2D eigenvalue weighted by molar-refractivity contribution is -0.909. The maximum absolute atomic E-state index is 13.9. The van der Waals surface area contributed by atoms with Crippen LogP contribution in [-0.4, -0.2) is 59.2 Å². The molecule has 11 heteroatoms. The molecule has 0 fully saturated rings. The van der Waals surface area contributed by atoms with E-state index < -0.39 is 20.7 Å². The van der Waals surface area contributed by atoms with E-state index >= 15 is 0 Å². The van der Waals surface area contributed by atoms with Gasteiger partial charge in [-0.2, -0.15) is 5.10 Å². The summed E-state index contributed by atoms with van der Waals surface area (Å²) in [6.45, 7) is 11.3. The highest BCUT2D eigenvalue weighted by atomic mass is 28.3. The third-order valence-corrected chi connectivity index (χ3v) is 9.04. The summed E-state index contributed by atoms with van der Waals surface area (Å²) in [6, 6.07) is 11.9. The van der Waals surface area contributed by atoms with Crippen LogP contribution in [0.15, 0.2) is 54.9 Å². The minimum absolute atomic E-state index is 0.199. The molecule has 2 heterocycles. The first-order valence-electron chi connectivity index (χ1n) is 14.1. The van der Waals surface area contributed by atoms with Gasteiger partial charge in [0, 0.05) is 37.6 Å². The summed E-state index contributed by atoms with van der Waals surface area (Å²) in [4.78, 5) is 15.3. The van der Waals surface area contributed by atoms with Crippen molar-refractivity contribution in [1.82, 2.24) is 14.7 Å². The predicted molar refractivity (Wildman–Crippen MR) is 161 cm³/mol. The number of pyridine rings is 1. The van der Waals surface area contributed by atoms with Gasteiger partial charge in [0.2, 0.25) is 6.20 Å². The van der Waals surface area contributed by atoms with Gasteiger partial charge in [-0.25, -0.2) is 9.07 Å². The normalized spacial score (nSPS) is 12.5. The van der Waals surface area contributed by atoms with Crippen LogP contribution in [-0.2, 0) is 18.1 Å². The third-order valence-electron chi connectivity index (χ3n) is 7.34. The van der Waals surface area contributed by atoms with E-state index in [1.54, 1.807) is 53.2 Å². The Bertz CT molecular complexity index is 1570. The summed E-state index contributed by atoms with van der Waals surface area (Å²) in [5.41, 5.74) is 3.32. The number of carbonyl (C=O) groups is 1. The molecule has 1 amide bonds. The Morgan fingerprint density at radius 3 is 2.64 bits per heavy atom. The Morgan fingerprint density at radius 1 is 1.21 bits per heavy atom. The second-order valence-electron chi connectivity index (χ2n) is 11.5. The van der Waals surface area contributed by atoms with Gasteiger partial charge in [0.25, 0.3) is 11.6 Å². The quantitative estimate of drug-likeness (QED) is 0.0984. The highest BCUT2D eigenvalue weighted by Gasteiger charge is 2.29. The van der Waals surface area contributed by atoms with Gasteiger partial charge >= 0.3 is 0 Å². The zero-order valence-electron chi connectivity index (χ0n) is 25.1. The van der Waals surface area contributed by atoms with Gasteiger partial charge in [-0.3, -0.25) is 10.0 Å². The predicted octanol–water partition coefficient (Wildman–Crippen LogP) is 5.40. The number of fused-ring (bicyclic) bond motifs is 1. The van der Waals surface area contributed by atoms with E-state index in [0.29, 0.717) is 52.1 Å². The van der Waals surface area contributed by atoms with Crippen LogP contribution in [0.4, 0.5) is 4.39 Å². The van der Waals surface area contributed by atoms with E-state index in [1.807, 2.05) is 13.8 Å². The number of benzene rings is 2. The molecule has 0 saturated carbocycles. The van der Waals surface area contributed by atoms with Crippen molar-refractivity contribution in [3.8, 4) is 16.9 Å². The molecule has 0 spiro atoms. The zero-order chi connectivity index (χ0) is 30.6. The third kappa shape index (κ3) is 6.80. The molecule has 0 saturated heterocycles. The van der Waals surface area contributed by atoms with Crippen molar-refractivity contribution in [3.63, 3.8) is 0 Å². The summed E-state index contributed by atoms with van der Waals surface area (Å²) in [5.74, 6) is -0.147. The second-order valence-corrected chi connectivity index (χ2v) is 17.2. The molecule has 2 aromatic carbocycles. The number of rotatable bonds is 12. The number of hydrogen-bond donors (Lipinski definition) is 2. The van der Waals surface area contributed by atoms with Crippen molar-refractivity contribution in [2.75, 3.05) is 20.3 Å². The molecule has 42 heavy (non-hydrogen) atoms. The van der Waals surface area contributed by atoms with Crippen molar-refractivity contribution in [2.45, 2.75) is 58.9 Å². The van der Waals surface area contributed by atoms with Crippen molar-refractivity contribution < 1.29 is 33.7 Å². The molecule has 0 bridgehead atoms. The highest BCUT2D eigenvalue weighted by Crippen LogP contribution is 2.33. The molecule has 4 aromatic rings. The summed E-state index contributed by atoms with van der Waals surface area (Å²) < 4.78 is 28.3. The number of amides is 1. The summed E-state index contributed by atoms with van der Waals surface area (Å²) in [5, 5.41) is 25.7. The number of aliphatic hydroxyl groups is 1. The number of hydrogen-bond acceptors (Lipinski definition) is 6. The van der Waals surface area contributed by atoms with Gasteiger partial charge in [0.15, 0.2) is 0 Å². The Morgan fingerprint density at radius 2 is 1.98 bits per heavy atom. The smallest absolute Gasteiger partial charge is 0.270 e. The number of nitrogens with zero attached hydrogens (tertiary/aromatic N) is 4. The molecule has 0 aliphatic heterocycles. The standard InChI is InChI=1S/C31H40FN4O5Si/c1-7-41-29-16-23(11-12-25(29)22-9-8-10-24(32)15-22)31(38)34(3)21(2)27-18-36(39)28(19-37)26-17-33-35(30(26)27)20-40-13-14-42(4,5)6/h8-12,15-18,21,37,39H,7,13-14,19-20H2,1-6H3/q+1. The van der Waals surface area contributed by atoms with Crippen molar-refractivity contribution >= 4 is 24.9 Å². The number of aromatic nitrogens is 3. The Balaban J connectivity index is 1.67. The van der Waals surface area contributed by atoms with Crippen molar-refractivity contribution in [3.05, 3.63) is 77.5 Å². The average molecular weight is 596 g/mol. The molecule has 1 unspecified atom stereocenters. The summed E-state index contributed by atoms with van der Waals surface area (Å²) >= 11 is 0. The summed E-state index contributed by atoms with van der Waals surface area (Å²) in [6.07, 6.45) is 3.09. The minimum atomic E-state index is -1.27. The fraction of sp³-hybridized carbons (Fsp3) is 0.387. The number of ether oxygens (including phenoxy) is 2. The van der Waals surface area contributed by atoms with Gasteiger partial charge in [-0.15, -0.1) is 0 Å². The fourth-order valence-corrected chi connectivity index (χ4v) is 5.56. The van der Waals surface area contributed by atoms with Gasteiger partial charge in [0.05, 0.1) is 35.3 Å². The minimum Gasteiger partial charge on any atom is -0.493 e. The van der Waals surface area contributed by atoms with Gasteiger partial charge in [-0.05, 0) is 55.8 Å². The number of carbonyl (C=O) groups excluding carboxylic acids is 1. The van der Waals surface area contributed by atoms with Crippen LogP contribution in [0.5, 0.6) is 5.75 Å². The van der Waals surface area contributed by atoms with E-state index in [4.69, 9.17) is 9.47 Å². The average Bonchev–Trinajstić information content (AvgIpc) is 3.37. The Labute approximate surface area is 246 Å². The first kappa shape index (κ1) is 31.1. The first-order chi connectivity index (χ1) is 19.9. The molecule has 4 rings (SSSR count). The van der Waals surface area contributed by atoms with Crippen molar-refractivity contribution in [2.24, 2.45) is 0 Å². The lowest BCUT2D eigenvalue weighted by Crippen LogP contribution is -2.38. The molecule has 0 aliphatic rings. The van der Waals surface area contributed by atoms with Gasteiger partial charge < -0.3 is 19.5 Å². The van der Waals surface area contributed by atoms with Gasteiger partial charge in [-0.1, -0.05) is 31.8 Å². The molecule has 1 atom stereocenters. The molecular weight excluding hydrogens is 555 g/mol. The van der Waals surface area contributed by atoms with Crippen LogP contribution in [0.1, 0.15) is 41.5 Å².